The van der Waals surface area contributed by atoms with E-state index in [1.54, 1.807) is 0 Å². The molecule has 4 heteroatoms. The van der Waals surface area contributed by atoms with Gasteiger partial charge in [-0.15, -0.1) is 0 Å². The van der Waals surface area contributed by atoms with Gasteiger partial charge in [-0.1, -0.05) is 18.2 Å². The van der Waals surface area contributed by atoms with E-state index in [2.05, 4.69) is 35.2 Å². The maximum Gasteiger partial charge on any atom is 0.222 e. The predicted octanol–water partition coefficient (Wildman–Crippen LogP) is 3.85. The highest BCUT2D eigenvalue weighted by Crippen LogP contribution is 2.40. The molecule has 2 heterocycles. The first-order valence-corrected chi connectivity index (χ1v) is 9.91. The lowest BCUT2D eigenvalue weighted by Gasteiger charge is -2.41. The van der Waals surface area contributed by atoms with E-state index in [0.717, 1.165) is 51.9 Å². The molecule has 25 heavy (non-hydrogen) atoms. The van der Waals surface area contributed by atoms with Gasteiger partial charge in [0.2, 0.25) is 5.91 Å². The fourth-order valence-electron chi connectivity index (χ4n) is 4.38. The Kier molecular flexibility index (Phi) is 6.00. The quantitative estimate of drug-likeness (QED) is 0.786. The van der Waals surface area contributed by atoms with Crippen molar-refractivity contribution in [2.24, 2.45) is 0 Å². The molecule has 2 fully saturated rings. The van der Waals surface area contributed by atoms with Crippen LogP contribution in [0.5, 0.6) is 0 Å². The Balaban J connectivity index is 1.53. The van der Waals surface area contributed by atoms with E-state index in [4.69, 9.17) is 4.74 Å². The molecule has 1 aromatic rings. The Labute approximate surface area is 152 Å². The lowest BCUT2D eigenvalue weighted by atomic mass is 9.89. The smallest absolute Gasteiger partial charge is 0.222 e. The minimum atomic E-state index is -0.00297. The van der Waals surface area contributed by atoms with Gasteiger partial charge in [-0.05, 0) is 58.1 Å². The molecule has 0 unspecified atom stereocenters. The molecule has 138 valence electrons. The van der Waals surface area contributed by atoms with Gasteiger partial charge in [0, 0.05) is 38.3 Å². The number of carbonyl (C=O) groups excluding carboxylic acids is 1. The van der Waals surface area contributed by atoms with Gasteiger partial charge >= 0.3 is 0 Å². The third kappa shape index (κ3) is 4.35. The molecular formula is C21H32N2O2. The maximum absolute atomic E-state index is 12.2. The van der Waals surface area contributed by atoms with E-state index in [0.29, 0.717) is 6.42 Å². The predicted molar refractivity (Wildman–Crippen MR) is 102 cm³/mol. The number of hydrogen-bond donors (Lipinski definition) is 0. The molecule has 0 aromatic heterocycles. The van der Waals surface area contributed by atoms with Crippen molar-refractivity contribution in [3.63, 3.8) is 0 Å². The monoisotopic (exact) mass is 344 g/mol. The van der Waals surface area contributed by atoms with Crippen LogP contribution in [-0.4, -0.2) is 48.7 Å². The van der Waals surface area contributed by atoms with Gasteiger partial charge in [0.15, 0.2) is 0 Å². The molecule has 0 saturated carbocycles. The first-order chi connectivity index (χ1) is 12.2. The van der Waals surface area contributed by atoms with Gasteiger partial charge in [-0.3, -0.25) is 4.79 Å². The second-order valence-electron chi connectivity index (χ2n) is 7.43. The summed E-state index contributed by atoms with van der Waals surface area (Å²) < 4.78 is 6.53. The van der Waals surface area contributed by atoms with Gasteiger partial charge in [0.05, 0.1) is 11.7 Å². The lowest BCUT2D eigenvalue weighted by molar-refractivity contribution is -0.132. The maximum atomic E-state index is 12.2. The van der Waals surface area contributed by atoms with Crippen LogP contribution in [0, 0.1) is 0 Å². The summed E-state index contributed by atoms with van der Waals surface area (Å²) >= 11 is 0. The zero-order valence-electron chi connectivity index (χ0n) is 15.7. The highest BCUT2D eigenvalue weighted by molar-refractivity contribution is 5.76. The van der Waals surface area contributed by atoms with Crippen LogP contribution in [0.2, 0.25) is 0 Å². The summed E-state index contributed by atoms with van der Waals surface area (Å²) in [5.41, 5.74) is 1.29. The number of benzene rings is 1. The van der Waals surface area contributed by atoms with Crippen molar-refractivity contribution in [3.8, 4) is 0 Å². The van der Waals surface area contributed by atoms with Crippen molar-refractivity contribution < 1.29 is 9.53 Å². The largest absolute Gasteiger partial charge is 0.370 e. The van der Waals surface area contributed by atoms with Crippen molar-refractivity contribution in [1.82, 2.24) is 4.90 Å². The highest BCUT2D eigenvalue weighted by atomic mass is 16.5. The van der Waals surface area contributed by atoms with E-state index in [1.807, 2.05) is 18.7 Å². The van der Waals surface area contributed by atoms with Gasteiger partial charge < -0.3 is 14.5 Å². The Morgan fingerprint density at radius 3 is 2.72 bits per heavy atom. The van der Waals surface area contributed by atoms with Crippen LogP contribution in [0.1, 0.15) is 52.4 Å². The summed E-state index contributed by atoms with van der Waals surface area (Å²) in [6, 6.07) is 10.7. The number of para-hydroxylation sites is 1. The number of anilines is 1. The molecule has 2 aliphatic rings. The summed E-state index contributed by atoms with van der Waals surface area (Å²) in [5, 5.41) is 0. The molecule has 4 nitrogen and oxygen atoms in total. The van der Waals surface area contributed by atoms with Crippen LogP contribution in [-0.2, 0) is 9.53 Å². The number of rotatable bonds is 6. The molecule has 1 spiro atoms. The van der Waals surface area contributed by atoms with Crippen molar-refractivity contribution in [3.05, 3.63) is 30.3 Å². The van der Waals surface area contributed by atoms with E-state index in [1.165, 1.54) is 12.1 Å². The molecule has 0 radical (unpaired) electrons. The van der Waals surface area contributed by atoms with Gasteiger partial charge in [0.25, 0.3) is 0 Å². The van der Waals surface area contributed by atoms with E-state index in [-0.39, 0.29) is 17.6 Å². The molecular weight excluding hydrogens is 312 g/mol. The normalized spacial score (nSPS) is 26.2. The number of hydrogen-bond acceptors (Lipinski definition) is 3. The van der Waals surface area contributed by atoms with Gasteiger partial charge in [0.1, 0.15) is 0 Å². The third-order valence-electron chi connectivity index (χ3n) is 5.80. The zero-order chi connectivity index (χ0) is 17.7. The second kappa shape index (κ2) is 8.22. The highest BCUT2D eigenvalue weighted by Gasteiger charge is 2.43. The fraction of sp³-hybridized carbons (Fsp3) is 0.667. The molecule has 0 bridgehead atoms. The molecule has 1 amide bonds. The number of ether oxygens (including phenoxy) is 1. The molecule has 3 rings (SSSR count). The van der Waals surface area contributed by atoms with Gasteiger partial charge in [-0.25, -0.2) is 0 Å². The summed E-state index contributed by atoms with van der Waals surface area (Å²) in [6.45, 7) is 7.79. The summed E-state index contributed by atoms with van der Waals surface area (Å²) in [5.74, 6) is 0.268. The number of nitrogens with zero attached hydrogens (tertiary/aromatic N) is 2. The average Bonchev–Trinajstić information content (AvgIpc) is 3.04. The fourth-order valence-corrected chi connectivity index (χ4v) is 4.38. The van der Waals surface area contributed by atoms with Crippen LogP contribution in [0.4, 0.5) is 5.69 Å². The van der Waals surface area contributed by atoms with Crippen molar-refractivity contribution in [2.75, 3.05) is 31.1 Å². The zero-order valence-corrected chi connectivity index (χ0v) is 15.7. The number of piperidine rings is 1. The Morgan fingerprint density at radius 1 is 1.24 bits per heavy atom. The summed E-state index contributed by atoms with van der Waals surface area (Å²) in [7, 11) is 0. The van der Waals surface area contributed by atoms with Crippen molar-refractivity contribution in [1.29, 1.82) is 0 Å². The van der Waals surface area contributed by atoms with E-state index >= 15 is 0 Å². The van der Waals surface area contributed by atoms with E-state index < -0.39 is 0 Å². The summed E-state index contributed by atoms with van der Waals surface area (Å²) in [6.07, 6.45) is 6.27. The SMILES string of the molecule is CCN(CC)C(=O)CC[C@H]1CC[C@]2(CCCN(c3ccccc3)C2)O1. The Morgan fingerprint density at radius 2 is 2.00 bits per heavy atom. The molecule has 2 atom stereocenters. The Bertz CT molecular complexity index is 558. The molecule has 2 saturated heterocycles. The average molecular weight is 344 g/mol. The number of carbonyl (C=O) groups is 1. The van der Waals surface area contributed by atoms with Crippen molar-refractivity contribution in [2.45, 2.75) is 64.1 Å². The topological polar surface area (TPSA) is 32.8 Å². The molecule has 1 aromatic carbocycles. The molecule has 2 aliphatic heterocycles. The first kappa shape index (κ1) is 18.2. The van der Waals surface area contributed by atoms with Crippen LogP contribution >= 0.6 is 0 Å². The first-order valence-electron chi connectivity index (χ1n) is 9.91. The molecule has 0 N–H and O–H groups in total. The minimum absolute atomic E-state index is 0.00297. The van der Waals surface area contributed by atoms with E-state index in [9.17, 15) is 4.79 Å². The van der Waals surface area contributed by atoms with Crippen LogP contribution in [0.15, 0.2) is 30.3 Å². The van der Waals surface area contributed by atoms with Crippen LogP contribution in [0.25, 0.3) is 0 Å². The number of amides is 1. The van der Waals surface area contributed by atoms with Crippen LogP contribution in [0.3, 0.4) is 0 Å². The van der Waals surface area contributed by atoms with Gasteiger partial charge in [-0.2, -0.15) is 0 Å². The third-order valence-corrected chi connectivity index (χ3v) is 5.80. The molecule has 0 aliphatic carbocycles. The Hall–Kier alpha value is -1.55. The van der Waals surface area contributed by atoms with Crippen molar-refractivity contribution >= 4 is 11.6 Å². The lowest BCUT2D eigenvalue weighted by Crippen LogP contribution is -2.48. The van der Waals surface area contributed by atoms with Crippen LogP contribution < -0.4 is 4.90 Å². The summed E-state index contributed by atoms with van der Waals surface area (Å²) in [4.78, 5) is 16.6. The second-order valence-corrected chi connectivity index (χ2v) is 7.43. The minimum Gasteiger partial charge on any atom is -0.370 e. The standard InChI is InChI=1S/C21H32N2O2/c1-3-22(4-2)20(24)12-11-19-13-15-21(25-19)14-8-16-23(17-21)18-9-6-5-7-10-18/h5-7,9-10,19H,3-4,8,11-17H2,1-2H3/t19-,21-/m0/s1.